The lowest BCUT2D eigenvalue weighted by molar-refractivity contribution is -0.136. The number of carbonyl (C=O) groups is 1. The summed E-state index contributed by atoms with van der Waals surface area (Å²) in [5.41, 5.74) is 3.25. The number of aromatic amines is 1. The third kappa shape index (κ3) is 2.08. The van der Waals surface area contributed by atoms with Crippen molar-refractivity contribution in [2.24, 2.45) is 0 Å². The van der Waals surface area contributed by atoms with Gasteiger partial charge in [-0.25, -0.2) is 0 Å². The smallest absolute Gasteiger partial charge is 0.307 e. The molecule has 4 nitrogen and oxygen atoms in total. The monoisotopic (exact) mass is 252 g/mol. The van der Waals surface area contributed by atoms with Crippen molar-refractivity contribution in [2.75, 3.05) is 0 Å². The van der Waals surface area contributed by atoms with Gasteiger partial charge < -0.3 is 10.1 Å². The molecule has 0 saturated heterocycles. The summed E-state index contributed by atoms with van der Waals surface area (Å²) in [4.78, 5) is 18.6. The number of carboxylic acid groups (broad SMARTS) is 1. The van der Waals surface area contributed by atoms with Crippen LogP contribution in [0, 0.1) is 0 Å². The molecule has 1 aromatic carbocycles. The number of fused-ring (bicyclic) bond motifs is 1. The maximum Gasteiger partial charge on any atom is 0.307 e. The molecule has 0 amide bonds. The van der Waals surface area contributed by atoms with E-state index in [1.807, 2.05) is 42.5 Å². The maximum absolute atomic E-state index is 11.1. The van der Waals surface area contributed by atoms with Crippen molar-refractivity contribution >= 4 is 16.9 Å². The van der Waals surface area contributed by atoms with Crippen LogP contribution in [0.2, 0.25) is 0 Å². The summed E-state index contributed by atoms with van der Waals surface area (Å²) < 4.78 is 0. The number of benzene rings is 1. The van der Waals surface area contributed by atoms with Gasteiger partial charge in [-0.05, 0) is 23.8 Å². The highest BCUT2D eigenvalue weighted by molar-refractivity contribution is 5.93. The molecule has 2 aromatic heterocycles. The number of aromatic nitrogens is 2. The molecule has 0 bridgehead atoms. The molecule has 0 atom stereocenters. The van der Waals surface area contributed by atoms with Crippen molar-refractivity contribution in [3.63, 3.8) is 0 Å². The number of para-hydroxylation sites is 1. The van der Waals surface area contributed by atoms with E-state index in [4.69, 9.17) is 5.11 Å². The lowest BCUT2D eigenvalue weighted by atomic mass is 10.1. The molecular weight excluding hydrogens is 240 g/mol. The molecule has 0 unspecified atom stereocenters. The molecule has 2 heterocycles. The van der Waals surface area contributed by atoms with Crippen LogP contribution in [-0.2, 0) is 11.2 Å². The van der Waals surface area contributed by atoms with Gasteiger partial charge in [0.2, 0.25) is 0 Å². The van der Waals surface area contributed by atoms with Crippen molar-refractivity contribution in [2.45, 2.75) is 6.42 Å². The average Bonchev–Trinajstić information content (AvgIpc) is 2.78. The summed E-state index contributed by atoms with van der Waals surface area (Å²) in [5.74, 6) is -0.845. The quantitative estimate of drug-likeness (QED) is 0.753. The number of pyridine rings is 1. The second-order valence-corrected chi connectivity index (χ2v) is 4.31. The van der Waals surface area contributed by atoms with Crippen molar-refractivity contribution < 1.29 is 9.90 Å². The van der Waals surface area contributed by atoms with Crippen LogP contribution in [0.25, 0.3) is 22.3 Å². The predicted molar refractivity (Wildman–Crippen MR) is 72.9 cm³/mol. The summed E-state index contributed by atoms with van der Waals surface area (Å²) in [6.07, 6.45) is 1.68. The van der Waals surface area contributed by atoms with Gasteiger partial charge in [0, 0.05) is 17.1 Å². The minimum absolute atomic E-state index is 0.0179. The van der Waals surface area contributed by atoms with E-state index in [0.29, 0.717) is 0 Å². The Labute approximate surface area is 109 Å². The molecule has 0 saturated carbocycles. The van der Waals surface area contributed by atoms with Gasteiger partial charge in [-0.15, -0.1) is 0 Å². The second-order valence-electron chi connectivity index (χ2n) is 4.31. The van der Waals surface area contributed by atoms with E-state index in [1.54, 1.807) is 6.20 Å². The molecule has 0 fully saturated rings. The number of hydrogen-bond donors (Lipinski definition) is 2. The fourth-order valence-corrected chi connectivity index (χ4v) is 2.26. The highest BCUT2D eigenvalue weighted by Crippen LogP contribution is 2.29. The highest BCUT2D eigenvalue weighted by Gasteiger charge is 2.15. The van der Waals surface area contributed by atoms with Gasteiger partial charge in [0.15, 0.2) is 0 Å². The lowest BCUT2D eigenvalue weighted by Gasteiger charge is -2.01. The van der Waals surface area contributed by atoms with Gasteiger partial charge >= 0.3 is 5.97 Å². The topological polar surface area (TPSA) is 66.0 Å². The maximum atomic E-state index is 11.1. The fourth-order valence-electron chi connectivity index (χ4n) is 2.26. The van der Waals surface area contributed by atoms with Crippen LogP contribution in [0.3, 0.4) is 0 Å². The first-order chi connectivity index (χ1) is 9.25. The van der Waals surface area contributed by atoms with E-state index in [9.17, 15) is 4.79 Å². The van der Waals surface area contributed by atoms with E-state index in [1.165, 1.54) is 0 Å². The van der Waals surface area contributed by atoms with Crippen molar-refractivity contribution in [1.82, 2.24) is 9.97 Å². The minimum Gasteiger partial charge on any atom is -0.481 e. The molecule has 0 aliphatic carbocycles. The van der Waals surface area contributed by atoms with Gasteiger partial charge in [-0.2, -0.15) is 0 Å². The Balaban J connectivity index is 2.26. The van der Waals surface area contributed by atoms with Gasteiger partial charge in [-0.3, -0.25) is 9.78 Å². The zero-order chi connectivity index (χ0) is 13.2. The Morgan fingerprint density at radius 2 is 1.95 bits per heavy atom. The first kappa shape index (κ1) is 11.5. The summed E-state index contributed by atoms with van der Waals surface area (Å²) in [5, 5.41) is 10.0. The Kier molecular flexibility index (Phi) is 2.76. The van der Waals surface area contributed by atoms with E-state index in [-0.39, 0.29) is 6.42 Å². The van der Waals surface area contributed by atoms with Crippen LogP contribution in [0.15, 0.2) is 48.7 Å². The Morgan fingerprint density at radius 3 is 2.68 bits per heavy atom. The molecular formula is C15H12N2O2. The number of aliphatic carboxylic acids is 1. The third-order valence-electron chi connectivity index (χ3n) is 3.06. The highest BCUT2D eigenvalue weighted by atomic mass is 16.4. The van der Waals surface area contributed by atoms with E-state index >= 15 is 0 Å². The Bertz CT molecular complexity index is 732. The van der Waals surface area contributed by atoms with Gasteiger partial charge in [0.1, 0.15) is 0 Å². The van der Waals surface area contributed by atoms with E-state index < -0.39 is 5.97 Å². The summed E-state index contributed by atoms with van der Waals surface area (Å²) >= 11 is 0. The predicted octanol–water partition coefficient (Wildman–Crippen LogP) is 2.86. The molecule has 0 radical (unpaired) electrons. The Hall–Kier alpha value is -2.62. The van der Waals surface area contributed by atoms with Gasteiger partial charge in [-0.1, -0.05) is 24.3 Å². The number of rotatable bonds is 3. The molecule has 3 rings (SSSR count). The molecule has 94 valence electrons. The zero-order valence-electron chi connectivity index (χ0n) is 10.1. The largest absolute Gasteiger partial charge is 0.481 e. The van der Waals surface area contributed by atoms with Crippen molar-refractivity contribution in [3.05, 3.63) is 54.2 Å². The van der Waals surface area contributed by atoms with Crippen molar-refractivity contribution in [3.8, 4) is 11.4 Å². The third-order valence-corrected chi connectivity index (χ3v) is 3.06. The summed E-state index contributed by atoms with van der Waals surface area (Å²) in [6.45, 7) is 0. The van der Waals surface area contributed by atoms with Crippen LogP contribution in [0.5, 0.6) is 0 Å². The van der Waals surface area contributed by atoms with Crippen molar-refractivity contribution in [1.29, 1.82) is 0 Å². The number of hydrogen-bond acceptors (Lipinski definition) is 2. The van der Waals surface area contributed by atoms with Crippen LogP contribution < -0.4 is 0 Å². The van der Waals surface area contributed by atoms with Crippen LogP contribution in [-0.4, -0.2) is 21.0 Å². The number of nitrogens with one attached hydrogen (secondary N) is 1. The fraction of sp³-hybridized carbons (Fsp3) is 0.0667. The van der Waals surface area contributed by atoms with Crippen LogP contribution in [0.4, 0.5) is 0 Å². The number of nitrogens with zero attached hydrogens (tertiary/aromatic N) is 1. The van der Waals surface area contributed by atoms with E-state index in [2.05, 4.69) is 9.97 Å². The Morgan fingerprint density at radius 1 is 1.16 bits per heavy atom. The molecule has 0 spiro atoms. The molecule has 2 N–H and O–H groups in total. The molecule has 0 aliphatic heterocycles. The van der Waals surface area contributed by atoms with Crippen LogP contribution in [0.1, 0.15) is 5.56 Å². The molecule has 0 aliphatic rings. The second kappa shape index (κ2) is 4.57. The normalized spacial score (nSPS) is 10.7. The summed E-state index contributed by atoms with van der Waals surface area (Å²) in [7, 11) is 0. The van der Waals surface area contributed by atoms with Gasteiger partial charge in [0.25, 0.3) is 0 Å². The zero-order valence-corrected chi connectivity index (χ0v) is 10.1. The number of H-pyrrole nitrogens is 1. The SMILES string of the molecule is O=C(O)Cc1c(-c2ccccn2)[nH]c2ccccc12. The molecule has 3 aromatic rings. The first-order valence-electron chi connectivity index (χ1n) is 5.98. The lowest BCUT2D eigenvalue weighted by Crippen LogP contribution is -2.01. The average molecular weight is 252 g/mol. The van der Waals surface area contributed by atoms with E-state index in [0.717, 1.165) is 27.9 Å². The summed E-state index contributed by atoms with van der Waals surface area (Å²) in [6, 6.07) is 13.3. The number of carboxylic acids is 1. The van der Waals surface area contributed by atoms with Crippen LogP contribution >= 0.6 is 0 Å². The minimum atomic E-state index is -0.845. The molecule has 19 heavy (non-hydrogen) atoms. The van der Waals surface area contributed by atoms with Gasteiger partial charge in [0.05, 0.1) is 17.8 Å². The molecule has 4 heteroatoms. The first-order valence-corrected chi connectivity index (χ1v) is 5.98. The standard InChI is InChI=1S/C15H12N2O2/c18-14(19)9-11-10-5-1-2-6-12(10)17-15(11)13-7-3-4-8-16-13/h1-8,17H,9H2,(H,18,19).